The molecule has 0 radical (unpaired) electrons. The number of benzene rings is 1. The Morgan fingerprint density at radius 2 is 2.05 bits per heavy atom. The maximum atomic E-state index is 11.3. The molecule has 0 aliphatic rings. The maximum Gasteiger partial charge on any atom is 0.323 e. The van der Waals surface area contributed by atoms with Gasteiger partial charge in [0.1, 0.15) is 6.10 Å². The fourth-order valence-electron chi connectivity index (χ4n) is 2.33. The number of fused-ring (bicyclic) bond motifs is 1. The highest BCUT2D eigenvalue weighted by Gasteiger charge is 2.13. The number of halogens is 1. The number of nitrogens with one attached hydrogen (secondary N) is 3. The summed E-state index contributed by atoms with van der Waals surface area (Å²) in [7, 11) is 0. The van der Waals surface area contributed by atoms with Crippen molar-refractivity contribution in [2.24, 2.45) is 0 Å². The second kappa shape index (κ2) is 6.26. The average Bonchev–Trinajstić information content (AvgIpc) is 3.08. The number of thiophene rings is 1. The number of H-pyrrole nitrogens is 2. The Labute approximate surface area is 136 Å². The first kappa shape index (κ1) is 15.3. The zero-order valence-electron chi connectivity index (χ0n) is 11.9. The summed E-state index contributed by atoms with van der Waals surface area (Å²) >= 11 is 7.26. The summed E-state index contributed by atoms with van der Waals surface area (Å²) in [6, 6.07) is 9.42. The Kier molecular flexibility index (Phi) is 4.35. The van der Waals surface area contributed by atoms with Gasteiger partial charge in [0, 0.05) is 17.5 Å². The van der Waals surface area contributed by atoms with E-state index in [-0.39, 0.29) is 11.7 Å². The Hall–Kier alpha value is -1.60. The summed E-state index contributed by atoms with van der Waals surface area (Å²) in [5, 5.41) is 13.4. The van der Waals surface area contributed by atoms with E-state index in [1.165, 1.54) is 11.3 Å². The predicted molar refractivity (Wildman–Crippen MR) is 89.6 cm³/mol. The van der Waals surface area contributed by atoms with Crippen molar-refractivity contribution in [2.75, 3.05) is 6.54 Å². The normalized spacial score (nSPS) is 14.3. The first-order chi connectivity index (χ1) is 10.5. The van der Waals surface area contributed by atoms with Gasteiger partial charge in [-0.2, -0.15) is 0 Å². The summed E-state index contributed by atoms with van der Waals surface area (Å²) < 4.78 is 0.670. The number of rotatable bonds is 5. The molecule has 22 heavy (non-hydrogen) atoms. The van der Waals surface area contributed by atoms with Crippen LogP contribution in [-0.2, 0) is 0 Å². The molecule has 0 fully saturated rings. The predicted octanol–water partition coefficient (Wildman–Crippen LogP) is 2.96. The summed E-state index contributed by atoms with van der Waals surface area (Å²) in [6.45, 7) is 2.44. The summed E-state index contributed by atoms with van der Waals surface area (Å²) in [5.74, 6) is 0. The number of aromatic amines is 2. The number of hydrogen-bond acceptors (Lipinski definition) is 4. The van der Waals surface area contributed by atoms with Gasteiger partial charge in [0.2, 0.25) is 0 Å². The van der Waals surface area contributed by atoms with Crippen molar-refractivity contribution in [3.8, 4) is 0 Å². The van der Waals surface area contributed by atoms with Crippen molar-refractivity contribution in [1.29, 1.82) is 0 Å². The third-order valence-electron chi connectivity index (χ3n) is 3.58. The topological polar surface area (TPSA) is 80.9 Å². The fourth-order valence-corrected chi connectivity index (χ4v) is 3.38. The number of aliphatic hydroxyl groups excluding tert-OH is 1. The van der Waals surface area contributed by atoms with Gasteiger partial charge in [0.05, 0.1) is 15.4 Å². The molecular weight excluding hydrogens is 322 g/mol. The van der Waals surface area contributed by atoms with E-state index in [1.54, 1.807) is 6.07 Å². The van der Waals surface area contributed by atoms with Crippen LogP contribution in [0.4, 0.5) is 0 Å². The van der Waals surface area contributed by atoms with Crippen LogP contribution < -0.4 is 11.0 Å². The molecule has 3 rings (SSSR count). The molecule has 0 saturated carbocycles. The second-order valence-electron chi connectivity index (χ2n) is 5.17. The van der Waals surface area contributed by atoms with Crippen LogP contribution in [0.25, 0.3) is 11.0 Å². The third-order valence-corrected chi connectivity index (χ3v) is 4.91. The van der Waals surface area contributed by atoms with E-state index < -0.39 is 6.10 Å². The van der Waals surface area contributed by atoms with Gasteiger partial charge >= 0.3 is 5.69 Å². The quantitative estimate of drug-likeness (QED) is 0.578. The minimum atomic E-state index is -0.587. The highest BCUT2D eigenvalue weighted by Crippen LogP contribution is 2.27. The monoisotopic (exact) mass is 337 g/mol. The van der Waals surface area contributed by atoms with E-state index in [0.717, 1.165) is 21.5 Å². The molecule has 7 heteroatoms. The Morgan fingerprint density at radius 3 is 2.77 bits per heavy atom. The van der Waals surface area contributed by atoms with Gasteiger partial charge in [0.15, 0.2) is 0 Å². The molecular formula is C15H16ClN3O2S. The van der Waals surface area contributed by atoms with E-state index >= 15 is 0 Å². The summed E-state index contributed by atoms with van der Waals surface area (Å²) in [4.78, 5) is 17.6. The molecule has 0 bridgehead atoms. The van der Waals surface area contributed by atoms with Crippen LogP contribution in [0.2, 0.25) is 4.34 Å². The lowest BCUT2D eigenvalue weighted by molar-refractivity contribution is 0.174. The number of hydrogen-bond donors (Lipinski definition) is 4. The second-order valence-corrected chi connectivity index (χ2v) is 6.92. The average molecular weight is 338 g/mol. The summed E-state index contributed by atoms with van der Waals surface area (Å²) in [5.41, 5.74) is 2.40. The minimum absolute atomic E-state index is 0.0490. The minimum Gasteiger partial charge on any atom is -0.386 e. The van der Waals surface area contributed by atoms with Gasteiger partial charge in [-0.25, -0.2) is 4.79 Å². The van der Waals surface area contributed by atoms with Crippen molar-refractivity contribution in [3.05, 3.63) is 55.6 Å². The maximum absolute atomic E-state index is 11.3. The van der Waals surface area contributed by atoms with Crippen LogP contribution in [-0.4, -0.2) is 21.6 Å². The van der Waals surface area contributed by atoms with Crippen LogP contribution in [0, 0.1) is 0 Å². The van der Waals surface area contributed by atoms with Crippen molar-refractivity contribution in [2.45, 2.75) is 19.1 Å². The lowest BCUT2D eigenvalue weighted by atomic mass is 10.1. The highest BCUT2D eigenvalue weighted by molar-refractivity contribution is 7.16. The van der Waals surface area contributed by atoms with Gasteiger partial charge < -0.3 is 20.4 Å². The molecule has 0 spiro atoms. The van der Waals surface area contributed by atoms with Gasteiger partial charge in [-0.1, -0.05) is 17.7 Å². The van der Waals surface area contributed by atoms with Crippen LogP contribution >= 0.6 is 22.9 Å². The van der Waals surface area contributed by atoms with E-state index in [4.69, 9.17) is 11.6 Å². The Bertz CT molecular complexity index is 839. The van der Waals surface area contributed by atoms with Crippen LogP contribution in [0.1, 0.15) is 29.5 Å². The first-order valence-corrected chi connectivity index (χ1v) is 8.11. The van der Waals surface area contributed by atoms with Crippen molar-refractivity contribution in [3.63, 3.8) is 0 Å². The van der Waals surface area contributed by atoms with Gasteiger partial charge in [0.25, 0.3) is 0 Å². The molecule has 4 N–H and O–H groups in total. The van der Waals surface area contributed by atoms with E-state index in [9.17, 15) is 9.90 Å². The Morgan fingerprint density at radius 1 is 1.27 bits per heavy atom. The number of aliphatic hydroxyl groups is 1. The van der Waals surface area contributed by atoms with Gasteiger partial charge in [-0.3, -0.25) is 0 Å². The molecule has 2 aromatic heterocycles. The molecule has 0 aliphatic carbocycles. The molecule has 2 unspecified atom stereocenters. The standard InChI is InChI=1S/C15H16ClN3O2S/c1-8(17-7-12(20)13-4-5-14(16)22-13)9-2-3-10-11(6-9)19-15(21)18-10/h2-6,8,12,17,20H,7H2,1H3,(H2,18,19,21). The van der Waals surface area contributed by atoms with Gasteiger partial charge in [-0.05, 0) is 36.8 Å². The molecule has 5 nitrogen and oxygen atoms in total. The van der Waals surface area contributed by atoms with Crippen LogP contribution in [0.15, 0.2) is 35.1 Å². The van der Waals surface area contributed by atoms with Crippen LogP contribution in [0.5, 0.6) is 0 Å². The number of aromatic nitrogens is 2. The van der Waals surface area contributed by atoms with Crippen molar-refractivity contribution in [1.82, 2.24) is 15.3 Å². The molecule has 0 amide bonds. The van der Waals surface area contributed by atoms with E-state index in [2.05, 4.69) is 15.3 Å². The van der Waals surface area contributed by atoms with E-state index in [0.29, 0.717) is 10.9 Å². The molecule has 2 atom stereocenters. The number of imidazole rings is 1. The molecule has 3 aromatic rings. The summed E-state index contributed by atoms with van der Waals surface area (Å²) in [6.07, 6.45) is -0.587. The SMILES string of the molecule is CC(NCC(O)c1ccc(Cl)s1)c1ccc2[nH]c(=O)[nH]c2c1. The molecule has 0 saturated heterocycles. The highest BCUT2D eigenvalue weighted by atomic mass is 35.5. The van der Waals surface area contributed by atoms with Gasteiger partial charge in [-0.15, -0.1) is 11.3 Å². The molecule has 0 aliphatic heterocycles. The van der Waals surface area contributed by atoms with E-state index in [1.807, 2.05) is 31.2 Å². The van der Waals surface area contributed by atoms with Crippen molar-refractivity contribution >= 4 is 34.0 Å². The Balaban J connectivity index is 1.67. The molecule has 2 heterocycles. The smallest absolute Gasteiger partial charge is 0.323 e. The van der Waals surface area contributed by atoms with Crippen LogP contribution in [0.3, 0.4) is 0 Å². The molecule has 1 aromatic carbocycles. The lowest BCUT2D eigenvalue weighted by Crippen LogP contribution is -2.24. The first-order valence-electron chi connectivity index (χ1n) is 6.91. The molecule has 116 valence electrons. The zero-order valence-corrected chi connectivity index (χ0v) is 13.5. The van der Waals surface area contributed by atoms with Crippen molar-refractivity contribution < 1.29 is 5.11 Å². The largest absolute Gasteiger partial charge is 0.386 e. The third kappa shape index (κ3) is 3.25. The lowest BCUT2D eigenvalue weighted by Gasteiger charge is -2.17. The fraction of sp³-hybridized carbons (Fsp3) is 0.267. The zero-order chi connectivity index (χ0) is 15.7.